The Hall–Kier alpha value is -3.04. The van der Waals surface area contributed by atoms with Gasteiger partial charge in [0.05, 0.1) is 5.56 Å². The fourth-order valence-electron chi connectivity index (χ4n) is 1.59. The highest BCUT2D eigenvalue weighted by atomic mass is 16.3. The van der Waals surface area contributed by atoms with Crippen LogP contribution in [0.1, 0.15) is 16.1 Å². The molecule has 0 bridgehead atoms. The molecule has 4 N–H and O–H groups in total. The van der Waals surface area contributed by atoms with Crippen molar-refractivity contribution in [2.45, 2.75) is 0 Å². The van der Waals surface area contributed by atoms with E-state index in [4.69, 9.17) is 5.11 Å². The van der Waals surface area contributed by atoms with Gasteiger partial charge in [-0.3, -0.25) is 4.79 Å². The van der Waals surface area contributed by atoms with Gasteiger partial charge in [0.2, 0.25) is 0 Å². The molecule has 106 valence electrons. The van der Waals surface area contributed by atoms with E-state index in [2.05, 4.69) is 22.1 Å². The van der Waals surface area contributed by atoms with Crippen LogP contribution in [-0.2, 0) is 0 Å². The van der Waals surface area contributed by atoms with E-state index < -0.39 is 5.91 Å². The monoisotopic (exact) mass is 284 g/mol. The van der Waals surface area contributed by atoms with Crippen LogP contribution in [-0.4, -0.2) is 32.8 Å². The molecular weight excluding hydrogens is 272 g/mol. The number of pyridine rings is 1. The minimum absolute atomic E-state index is 0.0661. The van der Waals surface area contributed by atoms with Gasteiger partial charge in [0.25, 0.3) is 5.91 Å². The standard InChI is InChI=1S/C15H12N2O4/c18-8-2-4-10-3-1-5-14(16-10)17-15(21)12-9-11(19)6-7-13(12)20/h1,3,5-7,9,18-20H,8H2,(H,16,17,21). The minimum Gasteiger partial charge on any atom is -0.508 e. The summed E-state index contributed by atoms with van der Waals surface area (Å²) in [6, 6.07) is 8.48. The molecule has 6 heteroatoms. The lowest BCUT2D eigenvalue weighted by Gasteiger charge is -2.06. The van der Waals surface area contributed by atoms with Crippen LogP contribution in [0.15, 0.2) is 36.4 Å². The van der Waals surface area contributed by atoms with E-state index in [0.717, 1.165) is 6.07 Å². The first-order valence-corrected chi connectivity index (χ1v) is 6.00. The first-order chi connectivity index (χ1) is 10.1. The third-order valence-corrected chi connectivity index (χ3v) is 2.51. The molecule has 21 heavy (non-hydrogen) atoms. The summed E-state index contributed by atoms with van der Waals surface area (Å²) in [5.41, 5.74) is 0.325. The zero-order valence-electron chi connectivity index (χ0n) is 10.9. The highest BCUT2D eigenvalue weighted by Crippen LogP contribution is 2.22. The average Bonchev–Trinajstić information content (AvgIpc) is 2.48. The number of rotatable bonds is 2. The quantitative estimate of drug-likeness (QED) is 0.488. The molecule has 0 aliphatic carbocycles. The molecule has 0 aliphatic rings. The molecule has 0 saturated carbocycles. The Kier molecular flexibility index (Phi) is 4.39. The molecule has 1 aromatic heterocycles. The lowest BCUT2D eigenvalue weighted by atomic mass is 10.2. The number of amides is 1. The predicted molar refractivity (Wildman–Crippen MR) is 75.9 cm³/mol. The first-order valence-electron chi connectivity index (χ1n) is 6.00. The number of phenols is 2. The Labute approximate surface area is 120 Å². The van der Waals surface area contributed by atoms with Gasteiger partial charge in [0.1, 0.15) is 29.6 Å². The van der Waals surface area contributed by atoms with Crippen molar-refractivity contribution in [2.24, 2.45) is 0 Å². The number of aromatic nitrogens is 1. The molecule has 6 nitrogen and oxygen atoms in total. The second-order valence-electron chi connectivity index (χ2n) is 4.02. The van der Waals surface area contributed by atoms with Crippen molar-refractivity contribution in [1.82, 2.24) is 4.98 Å². The van der Waals surface area contributed by atoms with Crippen LogP contribution in [0.3, 0.4) is 0 Å². The number of benzene rings is 1. The van der Waals surface area contributed by atoms with Crippen molar-refractivity contribution in [3.63, 3.8) is 0 Å². The number of anilines is 1. The first kappa shape index (κ1) is 14.4. The summed E-state index contributed by atoms with van der Waals surface area (Å²) in [5, 5.41) is 30.1. The zero-order chi connectivity index (χ0) is 15.2. The summed E-state index contributed by atoms with van der Waals surface area (Å²) < 4.78 is 0. The molecule has 0 aliphatic heterocycles. The lowest BCUT2D eigenvalue weighted by molar-refractivity contribution is 0.102. The summed E-state index contributed by atoms with van der Waals surface area (Å²) in [4.78, 5) is 16.1. The van der Waals surface area contributed by atoms with Crippen molar-refractivity contribution in [1.29, 1.82) is 0 Å². The number of phenolic OH excluding ortho intramolecular Hbond substituents is 2. The van der Waals surface area contributed by atoms with E-state index in [1.54, 1.807) is 18.2 Å². The predicted octanol–water partition coefficient (Wildman–Crippen LogP) is 1.09. The number of hydrogen-bond donors (Lipinski definition) is 4. The number of aliphatic hydroxyl groups is 1. The van der Waals surface area contributed by atoms with Gasteiger partial charge in [-0.15, -0.1) is 0 Å². The molecule has 2 aromatic rings. The molecule has 0 atom stereocenters. The van der Waals surface area contributed by atoms with Gasteiger partial charge in [-0.2, -0.15) is 0 Å². The van der Waals surface area contributed by atoms with Crippen molar-refractivity contribution in [3.8, 4) is 23.3 Å². The van der Waals surface area contributed by atoms with Crippen LogP contribution in [0.2, 0.25) is 0 Å². The molecule has 2 rings (SSSR count). The van der Waals surface area contributed by atoms with E-state index >= 15 is 0 Å². The Bertz CT molecular complexity index is 732. The summed E-state index contributed by atoms with van der Waals surface area (Å²) in [7, 11) is 0. The molecule has 0 fully saturated rings. The lowest BCUT2D eigenvalue weighted by Crippen LogP contribution is -2.13. The highest BCUT2D eigenvalue weighted by molar-refractivity contribution is 6.05. The highest BCUT2D eigenvalue weighted by Gasteiger charge is 2.12. The second kappa shape index (κ2) is 6.41. The van der Waals surface area contributed by atoms with Gasteiger partial charge >= 0.3 is 0 Å². The summed E-state index contributed by atoms with van der Waals surface area (Å²) in [5.74, 6) is 4.32. The van der Waals surface area contributed by atoms with Crippen LogP contribution in [0, 0.1) is 11.8 Å². The number of nitrogens with zero attached hydrogens (tertiary/aromatic N) is 1. The summed E-state index contributed by atoms with van der Waals surface area (Å²) in [6.45, 7) is -0.282. The van der Waals surface area contributed by atoms with Gasteiger partial charge in [0.15, 0.2) is 0 Å². The SMILES string of the molecule is O=C(Nc1cccc(C#CCO)n1)c1cc(O)ccc1O. The molecule has 1 heterocycles. The van der Waals surface area contributed by atoms with Crippen molar-refractivity contribution >= 4 is 11.7 Å². The van der Waals surface area contributed by atoms with E-state index in [1.807, 2.05) is 0 Å². The number of carbonyl (C=O) groups is 1. The Morgan fingerprint density at radius 1 is 1.24 bits per heavy atom. The van der Waals surface area contributed by atoms with Gasteiger partial charge in [-0.25, -0.2) is 4.98 Å². The number of hydrogen-bond acceptors (Lipinski definition) is 5. The largest absolute Gasteiger partial charge is 0.508 e. The van der Waals surface area contributed by atoms with Gasteiger partial charge in [0, 0.05) is 0 Å². The van der Waals surface area contributed by atoms with Crippen LogP contribution in [0.4, 0.5) is 5.82 Å². The van der Waals surface area contributed by atoms with Crippen LogP contribution >= 0.6 is 0 Å². The minimum atomic E-state index is -0.608. The molecule has 0 unspecified atom stereocenters. The maximum Gasteiger partial charge on any atom is 0.260 e. The fourth-order valence-corrected chi connectivity index (χ4v) is 1.59. The van der Waals surface area contributed by atoms with E-state index in [9.17, 15) is 15.0 Å². The molecule has 0 spiro atoms. The number of carbonyl (C=O) groups excluding carboxylic acids is 1. The number of aliphatic hydroxyl groups excluding tert-OH is 1. The van der Waals surface area contributed by atoms with E-state index in [-0.39, 0.29) is 29.5 Å². The van der Waals surface area contributed by atoms with Crippen LogP contribution < -0.4 is 5.32 Å². The zero-order valence-corrected chi connectivity index (χ0v) is 10.9. The van der Waals surface area contributed by atoms with Crippen LogP contribution in [0.25, 0.3) is 0 Å². The fraction of sp³-hybridized carbons (Fsp3) is 0.0667. The maximum atomic E-state index is 12.0. The molecule has 0 radical (unpaired) electrons. The normalized spacial score (nSPS) is 9.57. The molecular formula is C15H12N2O4. The molecule has 0 saturated heterocycles. The Morgan fingerprint density at radius 3 is 2.81 bits per heavy atom. The van der Waals surface area contributed by atoms with Crippen molar-refractivity contribution < 1.29 is 20.1 Å². The number of aromatic hydroxyl groups is 2. The maximum absolute atomic E-state index is 12.0. The van der Waals surface area contributed by atoms with Crippen LogP contribution in [0.5, 0.6) is 11.5 Å². The third kappa shape index (κ3) is 3.72. The molecule has 1 amide bonds. The second-order valence-corrected chi connectivity index (χ2v) is 4.02. The van der Waals surface area contributed by atoms with Gasteiger partial charge in [-0.1, -0.05) is 12.0 Å². The topological polar surface area (TPSA) is 103 Å². The van der Waals surface area contributed by atoms with Crippen molar-refractivity contribution in [3.05, 3.63) is 47.7 Å². The Balaban J connectivity index is 2.21. The summed E-state index contributed by atoms with van der Waals surface area (Å²) >= 11 is 0. The van der Waals surface area contributed by atoms with E-state index in [1.165, 1.54) is 12.1 Å². The van der Waals surface area contributed by atoms with Gasteiger partial charge in [-0.05, 0) is 36.3 Å². The van der Waals surface area contributed by atoms with Gasteiger partial charge < -0.3 is 20.6 Å². The Morgan fingerprint density at radius 2 is 2.05 bits per heavy atom. The summed E-state index contributed by atoms with van der Waals surface area (Å²) in [6.07, 6.45) is 0. The smallest absolute Gasteiger partial charge is 0.260 e. The molecule has 1 aromatic carbocycles. The third-order valence-electron chi connectivity index (χ3n) is 2.51. The average molecular weight is 284 g/mol. The van der Waals surface area contributed by atoms with Crippen molar-refractivity contribution in [2.75, 3.05) is 11.9 Å². The number of nitrogens with one attached hydrogen (secondary N) is 1. The van der Waals surface area contributed by atoms with E-state index in [0.29, 0.717) is 5.69 Å².